The number of nitrogens with one attached hydrogen (secondary N) is 1. The van der Waals surface area contributed by atoms with Crippen LogP contribution in [-0.2, 0) is 4.74 Å². The molecule has 0 radical (unpaired) electrons. The fraction of sp³-hybridized carbons (Fsp3) is 1.00. The zero-order valence-corrected chi connectivity index (χ0v) is 10.7. The summed E-state index contributed by atoms with van der Waals surface area (Å²) >= 11 is 2.04. The third-order valence-electron chi connectivity index (χ3n) is 3.69. The van der Waals surface area contributed by atoms with Crippen LogP contribution in [0, 0.1) is 0 Å². The molecule has 2 nitrogen and oxygen atoms in total. The molecular weight excluding hydrogens is 206 g/mol. The molecule has 4 atom stereocenters. The van der Waals surface area contributed by atoms with E-state index < -0.39 is 0 Å². The van der Waals surface area contributed by atoms with Gasteiger partial charge in [-0.3, -0.25) is 0 Å². The lowest BCUT2D eigenvalue weighted by atomic mass is 10.0. The topological polar surface area (TPSA) is 21.3 Å². The first kappa shape index (κ1) is 11.7. The number of ether oxygens (including phenoxy) is 1. The Morgan fingerprint density at radius 2 is 2.13 bits per heavy atom. The molecular formula is C12H23NOS. The van der Waals surface area contributed by atoms with Crippen LogP contribution in [0.15, 0.2) is 0 Å². The molecule has 3 heteroatoms. The van der Waals surface area contributed by atoms with Crippen molar-refractivity contribution in [2.24, 2.45) is 0 Å². The fourth-order valence-electron chi connectivity index (χ4n) is 2.85. The van der Waals surface area contributed by atoms with Gasteiger partial charge in [-0.05, 0) is 38.9 Å². The van der Waals surface area contributed by atoms with Crippen molar-refractivity contribution in [2.75, 3.05) is 12.9 Å². The van der Waals surface area contributed by atoms with Crippen LogP contribution in [0.3, 0.4) is 0 Å². The molecule has 4 unspecified atom stereocenters. The highest BCUT2D eigenvalue weighted by atomic mass is 32.2. The second-order valence-electron chi connectivity index (χ2n) is 4.88. The number of hydrogen-bond acceptors (Lipinski definition) is 3. The molecule has 0 bridgehead atoms. The van der Waals surface area contributed by atoms with Crippen molar-refractivity contribution in [3.05, 3.63) is 0 Å². The van der Waals surface area contributed by atoms with Crippen LogP contribution < -0.4 is 5.32 Å². The molecule has 2 aliphatic rings. The maximum absolute atomic E-state index is 5.58. The van der Waals surface area contributed by atoms with Crippen LogP contribution in [-0.4, -0.2) is 36.3 Å². The number of thioether (sulfide) groups is 1. The third-order valence-corrected chi connectivity index (χ3v) is 4.86. The van der Waals surface area contributed by atoms with Gasteiger partial charge in [0.25, 0.3) is 0 Å². The minimum Gasteiger partial charge on any atom is -0.378 e. The Kier molecular flexibility index (Phi) is 4.35. The first-order valence-electron chi connectivity index (χ1n) is 6.20. The van der Waals surface area contributed by atoms with E-state index in [0.29, 0.717) is 12.1 Å². The Labute approximate surface area is 97.5 Å². The molecule has 1 saturated carbocycles. The Morgan fingerprint density at radius 3 is 2.87 bits per heavy atom. The normalized spacial score (nSPS) is 42.0. The van der Waals surface area contributed by atoms with Gasteiger partial charge in [-0.1, -0.05) is 6.42 Å². The second-order valence-corrected chi connectivity index (χ2v) is 5.96. The van der Waals surface area contributed by atoms with Crippen molar-refractivity contribution in [2.45, 2.75) is 62.5 Å². The van der Waals surface area contributed by atoms with Crippen molar-refractivity contribution < 1.29 is 4.74 Å². The van der Waals surface area contributed by atoms with Gasteiger partial charge in [0.15, 0.2) is 0 Å². The van der Waals surface area contributed by atoms with Crippen molar-refractivity contribution in [1.29, 1.82) is 0 Å². The molecule has 1 N–H and O–H groups in total. The van der Waals surface area contributed by atoms with Gasteiger partial charge in [-0.2, -0.15) is 11.8 Å². The molecule has 0 amide bonds. The molecule has 2 rings (SSSR count). The van der Waals surface area contributed by atoms with Gasteiger partial charge in [-0.25, -0.2) is 0 Å². The minimum atomic E-state index is 0.449. The van der Waals surface area contributed by atoms with Crippen molar-refractivity contribution >= 4 is 11.8 Å². The lowest BCUT2D eigenvalue weighted by Gasteiger charge is -2.32. The largest absolute Gasteiger partial charge is 0.378 e. The molecule has 88 valence electrons. The zero-order valence-electron chi connectivity index (χ0n) is 9.87. The Balaban J connectivity index is 1.80. The molecule has 1 aliphatic heterocycles. The summed E-state index contributed by atoms with van der Waals surface area (Å²) in [5.41, 5.74) is 0. The predicted octanol–water partition coefficient (Wildman–Crippen LogP) is 2.43. The summed E-state index contributed by atoms with van der Waals surface area (Å²) < 4.78 is 5.58. The van der Waals surface area contributed by atoms with E-state index in [0.717, 1.165) is 17.9 Å². The molecule has 0 aromatic heterocycles. The molecule has 2 fully saturated rings. The average Bonchev–Trinajstić information content (AvgIpc) is 2.65. The quantitative estimate of drug-likeness (QED) is 0.803. The molecule has 15 heavy (non-hydrogen) atoms. The SMILES string of the molecule is CSC1CCCC1NC1CCOC(C)C1. The van der Waals surface area contributed by atoms with E-state index in [2.05, 4.69) is 18.5 Å². The average molecular weight is 229 g/mol. The van der Waals surface area contributed by atoms with E-state index in [4.69, 9.17) is 4.74 Å². The van der Waals surface area contributed by atoms with Gasteiger partial charge in [-0.15, -0.1) is 0 Å². The summed E-state index contributed by atoms with van der Waals surface area (Å²) in [5, 5.41) is 4.70. The first-order valence-corrected chi connectivity index (χ1v) is 7.49. The van der Waals surface area contributed by atoms with Crippen LogP contribution in [0.25, 0.3) is 0 Å². The molecule has 0 spiro atoms. The monoisotopic (exact) mass is 229 g/mol. The van der Waals surface area contributed by atoms with Crippen molar-refractivity contribution in [3.8, 4) is 0 Å². The predicted molar refractivity (Wildman–Crippen MR) is 66.5 cm³/mol. The van der Waals surface area contributed by atoms with Gasteiger partial charge >= 0.3 is 0 Å². The van der Waals surface area contributed by atoms with Crippen LogP contribution in [0.2, 0.25) is 0 Å². The molecule has 1 saturated heterocycles. The highest BCUT2D eigenvalue weighted by molar-refractivity contribution is 7.99. The summed E-state index contributed by atoms with van der Waals surface area (Å²) in [6.07, 6.45) is 9.26. The third kappa shape index (κ3) is 3.11. The van der Waals surface area contributed by atoms with E-state index in [1.807, 2.05) is 11.8 Å². The van der Waals surface area contributed by atoms with Crippen LogP contribution in [0.4, 0.5) is 0 Å². The van der Waals surface area contributed by atoms with E-state index in [1.165, 1.54) is 32.1 Å². The molecule has 1 heterocycles. The Morgan fingerprint density at radius 1 is 1.27 bits per heavy atom. The van der Waals surface area contributed by atoms with Crippen LogP contribution >= 0.6 is 11.8 Å². The molecule has 0 aromatic rings. The second kappa shape index (κ2) is 5.55. The van der Waals surface area contributed by atoms with Crippen molar-refractivity contribution in [1.82, 2.24) is 5.32 Å². The van der Waals surface area contributed by atoms with Crippen LogP contribution in [0.1, 0.15) is 39.0 Å². The number of hydrogen-bond donors (Lipinski definition) is 1. The minimum absolute atomic E-state index is 0.449. The number of rotatable bonds is 3. The lowest BCUT2D eigenvalue weighted by Crippen LogP contribution is -2.45. The zero-order chi connectivity index (χ0) is 10.7. The molecule has 0 aromatic carbocycles. The van der Waals surface area contributed by atoms with Gasteiger partial charge < -0.3 is 10.1 Å². The maximum Gasteiger partial charge on any atom is 0.0561 e. The van der Waals surface area contributed by atoms with E-state index in [9.17, 15) is 0 Å². The van der Waals surface area contributed by atoms with E-state index in [1.54, 1.807) is 0 Å². The Hall–Kier alpha value is 0.270. The standard InChI is InChI=1S/C12H23NOS/c1-9-8-10(6-7-14-9)13-11-4-3-5-12(11)15-2/h9-13H,3-8H2,1-2H3. The first-order chi connectivity index (χ1) is 7.29. The fourth-order valence-corrected chi connectivity index (χ4v) is 3.80. The summed E-state index contributed by atoms with van der Waals surface area (Å²) in [6.45, 7) is 3.13. The summed E-state index contributed by atoms with van der Waals surface area (Å²) in [5.74, 6) is 0. The summed E-state index contributed by atoms with van der Waals surface area (Å²) in [7, 11) is 0. The summed E-state index contributed by atoms with van der Waals surface area (Å²) in [6, 6.07) is 1.46. The highest BCUT2D eigenvalue weighted by Gasteiger charge is 2.29. The van der Waals surface area contributed by atoms with E-state index >= 15 is 0 Å². The molecule has 1 aliphatic carbocycles. The smallest absolute Gasteiger partial charge is 0.0561 e. The van der Waals surface area contributed by atoms with Gasteiger partial charge in [0.2, 0.25) is 0 Å². The highest BCUT2D eigenvalue weighted by Crippen LogP contribution is 2.29. The van der Waals surface area contributed by atoms with Gasteiger partial charge in [0.05, 0.1) is 6.10 Å². The Bertz CT molecular complexity index is 200. The summed E-state index contributed by atoms with van der Waals surface area (Å²) in [4.78, 5) is 0. The maximum atomic E-state index is 5.58. The van der Waals surface area contributed by atoms with Crippen molar-refractivity contribution in [3.63, 3.8) is 0 Å². The van der Waals surface area contributed by atoms with Gasteiger partial charge in [0.1, 0.15) is 0 Å². The van der Waals surface area contributed by atoms with Crippen LogP contribution in [0.5, 0.6) is 0 Å². The van der Waals surface area contributed by atoms with Gasteiger partial charge in [0, 0.05) is 23.9 Å². The van der Waals surface area contributed by atoms with E-state index in [-0.39, 0.29) is 0 Å². The lowest BCUT2D eigenvalue weighted by molar-refractivity contribution is 0.0115.